The van der Waals surface area contributed by atoms with Gasteiger partial charge >= 0.3 is 0 Å². The molecule has 0 bridgehead atoms. The highest BCUT2D eigenvalue weighted by Gasteiger charge is 2.25. The molecule has 1 aromatic heterocycles. The second-order valence-corrected chi connectivity index (χ2v) is 6.51. The van der Waals surface area contributed by atoms with Crippen LogP contribution in [0.25, 0.3) is 0 Å². The van der Waals surface area contributed by atoms with Crippen LogP contribution in [0.2, 0.25) is 0 Å². The van der Waals surface area contributed by atoms with Crippen LogP contribution in [0.4, 0.5) is 0 Å². The quantitative estimate of drug-likeness (QED) is 0.908. The molecular weight excluding hydrogens is 244 g/mol. The Labute approximate surface area is 113 Å². The van der Waals surface area contributed by atoms with Crippen molar-refractivity contribution in [3.8, 4) is 0 Å². The fourth-order valence-corrected chi connectivity index (χ4v) is 3.37. The second kappa shape index (κ2) is 6.32. The van der Waals surface area contributed by atoms with Crippen molar-refractivity contribution in [3.05, 3.63) is 16.1 Å². The van der Waals surface area contributed by atoms with Crippen LogP contribution >= 0.6 is 11.3 Å². The van der Waals surface area contributed by atoms with Crippen molar-refractivity contribution in [3.63, 3.8) is 0 Å². The summed E-state index contributed by atoms with van der Waals surface area (Å²) in [5, 5.41) is 4.10. The first-order chi connectivity index (χ1) is 8.69. The van der Waals surface area contributed by atoms with Crippen LogP contribution in [-0.2, 0) is 11.3 Å². The molecule has 0 unspecified atom stereocenters. The summed E-state index contributed by atoms with van der Waals surface area (Å²) in [6.07, 6.45) is 7.67. The molecular formula is C14H22N2OS. The second-order valence-electron chi connectivity index (χ2n) is 5.19. The van der Waals surface area contributed by atoms with Crippen LogP contribution in [0, 0.1) is 18.8 Å². The molecule has 0 spiro atoms. The SMILES string of the molecule is CCC1CCC(C(=O)NCc2cnc(C)s2)CC1. The van der Waals surface area contributed by atoms with E-state index >= 15 is 0 Å². The van der Waals surface area contributed by atoms with Gasteiger partial charge in [-0.2, -0.15) is 0 Å². The van der Waals surface area contributed by atoms with Gasteiger partial charge in [-0.05, 0) is 38.5 Å². The Morgan fingerprint density at radius 1 is 1.44 bits per heavy atom. The molecule has 3 nitrogen and oxygen atoms in total. The van der Waals surface area contributed by atoms with Gasteiger partial charge in [0.15, 0.2) is 0 Å². The van der Waals surface area contributed by atoms with E-state index in [1.165, 1.54) is 19.3 Å². The van der Waals surface area contributed by atoms with Gasteiger partial charge in [0.1, 0.15) is 0 Å². The zero-order valence-electron chi connectivity index (χ0n) is 11.2. The molecule has 1 saturated carbocycles. The summed E-state index contributed by atoms with van der Waals surface area (Å²) >= 11 is 1.65. The normalized spacial score (nSPS) is 23.9. The van der Waals surface area contributed by atoms with E-state index < -0.39 is 0 Å². The number of hydrogen-bond acceptors (Lipinski definition) is 3. The lowest BCUT2D eigenvalue weighted by Gasteiger charge is -2.26. The number of aromatic nitrogens is 1. The van der Waals surface area contributed by atoms with Gasteiger partial charge in [-0.15, -0.1) is 11.3 Å². The van der Waals surface area contributed by atoms with Crippen LogP contribution in [-0.4, -0.2) is 10.9 Å². The number of aryl methyl sites for hydroxylation is 1. The number of nitrogens with one attached hydrogen (secondary N) is 1. The maximum absolute atomic E-state index is 12.0. The lowest BCUT2D eigenvalue weighted by molar-refractivity contribution is -0.126. The van der Waals surface area contributed by atoms with E-state index in [0.717, 1.165) is 28.6 Å². The van der Waals surface area contributed by atoms with Crippen LogP contribution < -0.4 is 5.32 Å². The van der Waals surface area contributed by atoms with E-state index in [4.69, 9.17) is 0 Å². The predicted octanol–water partition coefficient (Wildman–Crippen LogP) is 3.28. The van der Waals surface area contributed by atoms with Crippen molar-refractivity contribution >= 4 is 17.2 Å². The Balaban J connectivity index is 1.75. The van der Waals surface area contributed by atoms with Gasteiger partial charge in [-0.25, -0.2) is 4.98 Å². The lowest BCUT2D eigenvalue weighted by Crippen LogP contribution is -2.32. The molecule has 1 aliphatic rings. The first-order valence-corrected chi connectivity index (χ1v) is 7.69. The molecule has 0 atom stereocenters. The number of carbonyl (C=O) groups is 1. The maximum atomic E-state index is 12.0. The third-order valence-corrected chi connectivity index (χ3v) is 4.81. The van der Waals surface area contributed by atoms with Crippen molar-refractivity contribution in [1.82, 2.24) is 10.3 Å². The Hall–Kier alpha value is -0.900. The third-order valence-electron chi connectivity index (χ3n) is 3.90. The minimum absolute atomic E-state index is 0.232. The van der Waals surface area contributed by atoms with Crippen LogP contribution in [0.3, 0.4) is 0 Å². The number of rotatable bonds is 4. The van der Waals surface area contributed by atoms with Gasteiger partial charge in [0.05, 0.1) is 11.6 Å². The summed E-state index contributed by atoms with van der Waals surface area (Å²) in [7, 11) is 0. The molecule has 1 N–H and O–H groups in total. The molecule has 1 amide bonds. The standard InChI is InChI=1S/C14H22N2OS/c1-3-11-4-6-12(7-5-11)14(17)16-9-13-8-15-10(2)18-13/h8,11-12H,3-7,9H2,1-2H3,(H,16,17). The summed E-state index contributed by atoms with van der Waals surface area (Å²) in [5.41, 5.74) is 0. The van der Waals surface area contributed by atoms with Crippen molar-refractivity contribution in [2.45, 2.75) is 52.5 Å². The number of thiazole rings is 1. The van der Waals surface area contributed by atoms with Gasteiger partial charge in [0.25, 0.3) is 0 Å². The Bertz CT molecular complexity index is 394. The minimum atomic E-state index is 0.232. The molecule has 0 radical (unpaired) electrons. The molecule has 0 aromatic carbocycles. The van der Waals surface area contributed by atoms with Gasteiger partial charge < -0.3 is 5.32 Å². The Kier molecular flexibility index (Phi) is 4.75. The first-order valence-electron chi connectivity index (χ1n) is 6.88. The molecule has 1 aliphatic carbocycles. The van der Waals surface area contributed by atoms with Crippen molar-refractivity contribution in [2.75, 3.05) is 0 Å². The predicted molar refractivity (Wildman–Crippen MR) is 74.4 cm³/mol. The highest BCUT2D eigenvalue weighted by atomic mass is 32.1. The summed E-state index contributed by atoms with van der Waals surface area (Å²) in [5.74, 6) is 1.32. The largest absolute Gasteiger partial charge is 0.351 e. The summed E-state index contributed by atoms with van der Waals surface area (Å²) in [6.45, 7) is 4.87. The Morgan fingerprint density at radius 2 is 2.17 bits per heavy atom. The van der Waals surface area contributed by atoms with Crippen molar-refractivity contribution in [2.24, 2.45) is 11.8 Å². The van der Waals surface area contributed by atoms with Gasteiger partial charge in [-0.1, -0.05) is 13.3 Å². The molecule has 2 rings (SSSR count). The average molecular weight is 266 g/mol. The Morgan fingerprint density at radius 3 is 2.72 bits per heavy atom. The summed E-state index contributed by atoms with van der Waals surface area (Å²) in [4.78, 5) is 17.4. The summed E-state index contributed by atoms with van der Waals surface area (Å²) < 4.78 is 0. The fraction of sp³-hybridized carbons (Fsp3) is 0.714. The highest BCUT2D eigenvalue weighted by Crippen LogP contribution is 2.30. The van der Waals surface area contributed by atoms with Gasteiger partial charge in [0.2, 0.25) is 5.91 Å². The molecule has 0 aliphatic heterocycles. The average Bonchev–Trinajstić information content (AvgIpc) is 2.82. The molecule has 1 fully saturated rings. The van der Waals surface area contributed by atoms with Crippen LogP contribution in [0.5, 0.6) is 0 Å². The topological polar surface area (TPSA) is 42.0 Å². The number of nitrogens with zero attached hydrogens (tertiary/aromatic N) is 1. The highest BCUT2D eigenvalue weighted by molar-refractivity contribution is 7.11. The smallest absolute Gasteiger partial charge is 0.223 e. The molecule has 18 heavy (non-hydrogen) atoms. The van der Waals surface area contributed by atoms with E-state index in [0.29, 0.717) is 6.54 Å². The van der Waals surface area contributed by atoms with E-state index in [-0.39, 0.29) is 11.8 Å². The monoisotopic (exact) mass is 266 g/mol. The number of amides is 1. The van der Waals surface area contributed by atoms with Gasteiger partial charge in [-0.3, -0.25) is 4.79 Å². The van der Waals surface area contributed by atoms with Crippen molar-refractivity contribution < 1.29 is 4.79 Å². The molecule has 1 heterocycles. The van der Waals surface area contributed by atoms with E-state index in [1.54, 1.807) is 11.3 Å². The van der Waals surface area contributed by atoms with Crippen molar-refractivity contribution in [1.29, 1.82) is 0 Å². The zero-order chi connectivity index (χ0) is 13.0. The zero-order valence-corrected chi connectivity index (χ0v) is 12.1. The minimum Gasteiger partial charge on any atom is -0.351 e. The summed E-state index contributed by atoms with van der Waals surface area (Å²) in [6, 6.07) is 0. The van der Waals surface area contributed by atoms with E-state index in [9.17, 15) is 4.79 Å². The van der Waals surface area contributed by atoms with E-state index in [2.05, 4.69) is 17.2 Å². The molecule has 4 heteroatoms. The van der Waals surface area contributed by atoms with E-state index in [1.807, 2.05) is 13.1 Å². The number of carbonyl (C=O) groups excluding carboxylic acids is 1. The van der Waals surface area contributed by atoms with Crippen LogP contribution in [0.1, 0.15) is 48.9 Å². The van der Waals surface area contributed by atoms with Gasteiger partial charge in [0, 0.05) is 17.0 Å². The maximum Gasteiger partial charge on any atom is 0.223 e. The molecule has 1 aromatic rings. The molecule has 0 saturated heterocycles. The van der Waals surface area contributed by atoms with Crippen LogP contribution in [0.15, 0.2) is 6.20 Å². The number of hydrogen-bond donors (Lipinski definition) is 1. The fourth-order valence-electron chi connectivity index (χ4n) is 2.64. The lowest BCUT2D eigenvalue weighted by atomic mass is 9.80. The molecule has 100 valence electrons. The third kappa shape index (κ3) is 3.55. The first kappa shape index (κ1) is 13.5.